The van der Waals surface area contributed by atoms with Gasteiger partial charge in [-0.25, -0.2) is 4.39 Å². The number of hydrogen-bond acceptors (Lipinski definition) is 4. The summed E-state index contributed by atoms with van der Waals surface area (Å²) in [4.78, 5) is 10.4. The molecule has 0 amide bonds. The lowest BCUT2D eigenvalue weighted by Crippen LogP contribution is -2.21. The molecule has 0 heterocycles. The molecule has 0 fully saturated rings. The molecule has 0 aromatic heterocycles. The second-order valence-electron chi connectivity index (χ2n) is 5.48. The van der Waals surface area contributed by atoms with E-state index in [-0.39, 0.29) is 23.9 Å². The Balaban J connectivity index is 2.08. The highest BCUT2D eigenvalue weighted by molar-refractivity contribution is 5.61. The second kappa shape index (κ2) is 7.69. The van der Waals surface area contributed by atoms with Crippen molar-refractivity contribution in [2.24, 2.45) is 5.92 Å². The number of nitro groups is 1. The Kier molecular flexibility index (Phi) is 5.65. The van der Waals surface area contributed by atoms with Crippen LogP contribution in [0.2, 0.25) is 0 Å². The van der Waals surface area contributed by atoms with Gasteiger partial charge in [-0.2, -0.15) is 0 Å². The van der Waals surface area contributed by atoms with Gasteiger partial charge in [-0.3, -0.25) is 10.1 Å². The third-order valence-electron chi connectivity index (χ3n) is 3.76. The van der Waals surface area contributed by atoms with E-state index in [2.05, 4.69) is 5.32 Å². The van der Waals surface area contributed by atoms with Gasteiger partial charge >= 0.3 is 0 Å². The first-order valence-electron chi connectivity index (χ1n) is 7.34. The maximum atomic E-state index is 13.3. The number of rotatable bonds is 7. The van der Waals surface area contributed by atoms with Crippen LogP contribution in [0.25, 0.3) is 0 Å². The van der Waals surface area contributed by atoms with E-state index in [1.165, 1.54) is 0 Å². The summed E-state index contributed by atoms with van der Waals surface area (Å²) in [6, 6.07) is 11.1. The molecule has 1 atom stereocenters. The van der Waals surface area contributed by atoms with E-state index in [4.69, 9.17) is 0 Å². The fourth-order valence-electron chi connectivity index (χ4n) is 2.41. The minimum atomic E-state index is -0.558. The highest BCUT2D eigenvalue weighted by Crippen LogP contribution is 2.25. The molecular formula is C17H19FN2O3. The Hall–Kier alpha value is -2.47. The maximum Gasteiger partial charge on any atom is 0.292 e. The molecule has 0 aliphatic carbocycles. The molecule has 2 aromatic carbocycles. The van der Waals surface area contributed by atoms with Gasteiger partial charge in [0.2, 0.25) is 0 Å². The summed E-state index contributed by atoms with van der Waals surface area (Å²) in [6.07, 6.45) is 0.638. The summed E-state index contributed by atoms with van der Waals surface area (Å²) in [5, 5.41) is 23.4. The molecule has 1 unspecified atom stereocenters. The van der Waals surface area contributed by atoms with Crippen LogP contribution < -0.4 is 5.32 Å². The Labute approximate surface area is 133 Å². The fraction of sp³-hybridized carbons (Fsp3) is 0.294. The summed E-state index contributed by atoms with van der Waals surface area (Å²) >= 11 is 0. The van der Waals surface area contributed by atoms with Crippen LogP contribution >= 0.6 is 0 Å². The predicted molar refractivity (Wildman–Crippen MR) is 87.0 cm³/mol. The third-order valence-corrected chi connectivity index (χ3v) is 3.76. The number of aliphatic hydroxyl groups excluding tert-OH is 1. The smallest absolute Gasteiger partial charge is 0.292 e. The molecule has 2 N–H and O–H groups in total. The van der Waals surface area contributed by atoms with Crippen LogP contribution in [0, 0.1) is 28.8 Å². The molecule has 0 saturated carbocycles. The maximum absolute atomic E-state index is 13.3. The minimum absolute atomic E-state index is 0.0650. The molecular weight excluding hydrogens is 299 g/mol. The van der Waals surface area contributed by atoms with E-state index in [1.54, 1.807) is 0 Å². The Morgan fingerprint density at radius 2 is 2.04 bits per heavy atom. The van der Waals surface area contributed by atoms with E-state index >= 15 is 0 Å². The van der Waals surface area contributed by atoms with Crippen molar-refractivity contribution in [1.29, 1.82) is 0 Å². The summed E-state index contributed by atoms with van der Waals surface area (Å²) in [5.41, 5.74) is 2.18. The summed E-state index contributed by atoms with van der Waals surface area (Å²) in [6.45, 7) is 2.24. The lowest BCUT2D eigenvalue weighted by molar-refractivity contribution is -0.384. The molecule has 122 valence electrons. The van der Waals surface area contributed by atoms with Crippen molar-refractivity contribution >= 4 is 11.4 Å². The van der Waals surface area contributed by atoms with Crippen molar-refractivity contribution < 1.29 is 14.4 Å². The standard InChI is InChI=1S/C17H19FN2O3/c1-12-4-2-3-5-14(12)8-13(11-21)10-19-16-9-15(18)6-7-17(16)20(22)23/h2-7,9,13,19,21H,8,10-11H2,1H3. The Morgan fingerprint density at radius 3 is 2.70 bits per heavy atom. The van der Waals surface area contributed by atoms with Crippen LogP contribution in [0.5, 0.6) is 0 Å². The third kappa shape index (κ3) is 4.50. The first kappa shape index (κ1) is 16.9. The normalized spacial score (nSPS) is 12.0. The van der Waals surface area contributed by atoms with Crippen molar-refractivity contribution in [2.75, 3.05) is 18.5 Å². The molecule has 0 aliphatic rings. The monoisotopic (exact) mass is 318 g/mol. The Morgan fingerprint density at radius 1 is 1.30 bits per heavy atom. The Bertz CT molecular complexity index is 691. The van der Waals surface area contributed by atoms with Gasteiger partial charge in [-0.15, -0.1) is 0 Å². The zero-order chi connectivity index (χ0) is 16.8. The van der Waals surface area contributed by atoms with E-state index in [1.807, 2.05) is 31.2 Å². The van der Waals surface area contributed by atoms with Crippen LogP contribution in [0.3, 0.4) is 0 Å². The number of nitrogens with one attached hydrogen (secondary N) is 1. The molecule has 0 aliphatic heterocycles. The van der Waals surface area contributed by atoms with Crippen molar-refractivity contribution in [3.05, 3.63) is 69.5 Å². The van der Waals surface area contributed by atoms with Crippen molar-refractivity contribution in [1.82, 2.24) is 0 Å². The first-order chi connectivity index (χ1) is 11.0. The average Bonchev–Trinajstić information content (AvgIpc) is 2.52. The zero-order valence-corrected chi connectivity index (χ0v) is 12.8. The quantitative estimate of drug-likeness (QED) is 0.606. The largest absolute Gasteiger partial charge is 0.396 e. The molecule has 0 radical (unpaired) electrons. The molecule has 0 bridgehead atoms. The van der Waals surface area contributed by atoms with E-state index in [9.17, 15) is 19.6 Å². The van der Waals surface area contributed by atoms with Crippen LogP contribution in [-0.2, 0) is 6.42 Å². The molecule has 23 heavy (non-hydrogen) atoms. The highest BCUT2D eigenvalue weighted by Gasteiger charge is 2.16. The summed E-state index contributed by atoms with van der Waals surface area (Å²) in [5.74, 6) is -0.670. The van der Waals surface area contributed by atoms with Gasteiger partial charge < -0.3 is 10.4 Å². The van der Waals surface area contributed by atoms with E-state index in [0.717, 1.165) is 29.3 Å². The minimum Gasteiger partial charge on any atom is -0.396 e. The highest BCUT2D eigenvalue weighted by atomic mass is 19.1. The molecule has 2 aromatic rings. The fourth-order valence-corrected chi connectivity index (χ4v) is 2.41. The van der Waals surface area contributed by atoms with Gasteiger partial charge in [0.25, 0.3) is 5.69 Å². The topological polar surface area (TPSA) is 75.4 Å². The number of nitrogens with zero attached hydrogens (tertiary/aromatic N) is 1. The number of aliphatic hydroxyl groups is 1. The number of nitro benzene ring substituents is 1. The lowest BCUT2D eigenvalue weighted by Gasteiger charge is -2.17. The van der Waals surface area contributed by atoms with Crippen LogP contribution in [-0.4, -0.2) is 23.2 Å². The van der Waals surface area contributed by atoms with Crippen molar-refractivity contribution in [3.8, 4) is 0 Å². The van der Waals surface area contributed by atoms with Crippen LogP contribution in [0.1, 0.15) is 11.1 Å². The molecule has 5 nitrogen and oxygen atoms in total. The summed E-state index contributed by atoms with van der Waals surface area (Å²) < 4.78 is 13.3. The van der Waals surface area contributed by atoms with E-state index in [0.29, 0.717) is 13.0 Å². The molecule has 0 saturated heterocycles. The van der Waals surface area contributed by atoms with Crippen molar-refractivity contribution in [3.63, 3.8) is 0 Å². The number of benzene rings is 2. The predicted octanol–water partition coefficient (Wildman–Crippen LogP) is 3.31. The molecule has 2 rings (SSSR count). The van der Waals surface area contributed by atoms with Gasteiger partial charge in [-0.1, -0.05) is 24.3 Å². The van der Waals surface area contributed by atoms with Crippen LogP contribution in [0.15, 0.2) is 42.5 Å². The van der Waals surface area contributed by atoms with Crippen LogP contribution in [0.4, 0.5) is 15.8 Å². The van der Waals surface area contributed by atoms with Gasteiger partial charge in [0.1, 0.15) is 11.5 Å². The molecule has 0 spiro atoms. The molecule has 6 heteroatoms. The second-order valence-corrected chi connectivity index (χ2v) is 5.48. The average molecular weight is 318 g/mol. The lowest BCUT2D eigenvalue weighted by atomic mass is 9.96. The van der Waals surface area contributed by atoms with Gasteiger partial charge in [-0.05, 0) is 30.5 Å². The van der Waals surface area contributed by atoms with Gasteiger partial charge in [0.05, 0.1) is 4.92 Å². The number of hydrogen-bond donors (Lipinski definition) is 2. The first-order valence-corrected chi connectivity index (χ1v) is 7.34. The van der Waals surface area contributed by atoms with Crippen molar-refractivity contribution in [2.45, 2.75) is 13.3 Å². The number of anilines is 1. The SMILES string of the molecule is Cc1ccccc1CC(CO)CNc1cc(F)ccc1[N+](=O)[O-]. The zero-order valence-electron chi connectivity index (χ0n) is 12.8. The van der Waals surface area contributed by atoms with Gasteiger partial charge in [0, 0.05) is 31.2 Å². The van der Waals surface area contributed by atoms with Gasteiger partial charge in [0.15, 0.2) is 0 Å². The number of halogens is 1. The van der Waals surface area contributed by atoms with E-state index < -0.39 is 10.7 Å². The number of aryl methyl sites for hydroxylation is 1. The summed E-state index contributed by atoms with van der Waals surface area (Å²) in [7, 11) is 0.